The lowest BCUT2D eigenvalue weighted by atomic mass is 9.83. The first kappa shape index (κ1) is 19.6. The predicted molar refractivity (Wildman–Crippen MR) is 112 cm³/mol. The number of rotatable bonds is 6. The van der Waals surface area contributed by atoms with Gasteiger partial charge in [-0.05, 0) is 92.2 Å². The van der Waals surface area contributed by atoms with Crippen molar-refractivity contribution in [1.82, 2.24) is 0 Å². The number of hydrogen-bond donors (Lipinski definition) is 1. The number of carbonyl (C=O) groups is 1. The highest BCUT2D eigenvalue weighted by atomic mass is 19.1. The molecule has 0 bridgehead atoms. The summed E-state index contributed by atoms with van der Waals surface area (Å²) >= 11 is 0. The van der Waals surface area contributed by atoms with Crippen LogP contribution in [0.2, 0.25) is 0 Å². The number of fused-ring (bicyclic) bond motifs is 1. The van der Waals surface area contributed by atoms with Crippen molar-refractivity contribution < 1.29 is 23.8 Å². The van der Waals surface area contributed by atoms with Gasteiger partial charge in [-0.25, -0.2) is 9.18 Å². The molecule has 5 heteroatoms. The molecule has 5 rings (SSSR count). The molecule has 2 aromatic carbocycles. The van der Waals surface area contributed by atoms with Crippen LogP contribution in [0.1, 0.15) is 71.9 Å². The molecule has 1 N–H and O–H groups in total. The number of benzene rings is 2. The van der Waals surface area contributed by atoms with E-state index in [0.717, 1.165) is 71.9 Å². The molecule has 30 heavy (non-hydrogen) atoms. The van der Waals surface area contributed by atoms with Gasteiger partial charge >= 0.3 is 5.97 Å². The average molecular weight is 410 g/mol. The van der Waals surface area contributed by atoms with Crippen molar-refractivity contribution in [2.45, 2.75) is 70.5 Å². The zero-order valence-corrected chi connectivity index (χ0v) is 17.5. The van der Waals surface area contributed by atoms with Gasteiger partial charge in [-0.2, -0.15) is 0 Å². The normalized spacial score (nSPS) is 19.2. The minimum absolute atomic E-state index is 0.00213. The fourth-order valence-corrected chi connectivity index (χ4v) is 4.68. The van der Waals surface area contributed by atoms with Crippen LogP contribution >= 0.6 is 0 Å². The number of carboxylic acids is 1. The van der Waals surface area contributed by atoms with Crippen molar-refractivity contribution in [3.8, 4) is 16.9 Å². The molecule has 0 saturated heterocycles. The Hall–Kier alpha value is -2.40. The van der Waals surface area contributed by atoms with Crippen molar-refractivity contribution in [3.05, 3.63) is 51.8 Å². The first-order valence-electron chi connectivity index (χ1n) is 10.9. The van der Waals surface area contributed by atoms with Crippen LogP contribution in [0, 0.1) is 19.7 Å². The molecule has 1 unspecified atom stereocenters. The Morgan fingerprint density at radius 2 is 2.00 bits per heavy atom. The standard InChI is InChI=1S/C25H27FO4/c1-13-5-10-18(15-6-7-15)22(21(13)24(25(27)28)30-16-8-9-16)19-12-20(26)23-17(14(19)2)4-3-11-29-23/h5,10,12,15-16,24H,3-4,6-9,11H2,1-2H3,(H,27,28). The Labute approximate surface area is 176 Å². The molecule has 0 spiro atoms. The Morgan fingerprint density at radius 1 is 1.23 bits per heavy atom. The number of hydrogen-bond acceptors (Lipinski definition) is 3. The molecular weight excluding hydrogens is 383 g/mol. The zero-order chi connectivity index (χ0) is 21.0. The Kier molecular flexibility index (Phi) is 4.81. The maximum atomic E-state index is 15.1. The molecular formula is C25H27FO4. The van der Waals surface area contributed by atoms with Gasteiger partial charge in [0.2, 0.25) is 0 Å². The van der Waals surface area contributed by atoms with E-state index in [1.54, 1.807) is 6.07 Å². The molecule has 2 aliphatic carbocycles. The summed E-state index contributed by atoms with van der Waals surface area (Å²) in [4.78, 5) is 12.3. The first-order valence-corrected chi connectivity index (χ1v) is 10.9. The number of halogens is 1. The monoisotopic (exact) mass is 410 g/mol. The van der Waals surface area contributed by atoms with Crippen molar-refractivity contribution in [3.63, 3.8) is 0 Å². The third-order valence-electron chi connectivity index (χ3n) is 6.56. The van der Waals surface area contributed by atoms with Gasteiger partial charge in [-0.1, -0.05) is 12.1 Å². The van der Waals surface area contributed by atoms with Crippen LogP contribution in [0.25, 0.3) is 11.1 Å². The van der Waals surface area contributed by atoms with Gasteiger partial charge in [0.1, 0.15) is 0 Å². The molecule has 2 aromatic rings. The summed E-state index contributed by atoms with van der Waals surface area (Å²) in [5.74, 6) is -0.605. The van der Waals surface area contributed by atoms with Crippen LogP contribution in [0.15, 0.2) is 18.2 Å². The maximum Gasteiger partial charge on any atom is 0.337 e. The number of carboxylic acid groups (broad SMARTS) is 1. The lowest BCUT2D eigenvalue weighted by Gasteiger charge is -2.26. The maximum absolute atomic E-state index is 15.1. The van der Waals surface area contributed by atoms with Crippen LogP contribution in [0.3, 0.4) is 0 Å². The summed E-state index contributed by atoms with van der Waals surface area (Å²) in [5, 5.41) is 10.0. The second-order valence-corrected chi connectivity index (χ2v) is 8.88. The fourth-order valence-electron chi connectivity index (χ4n) is 4.68. The smallest absolute Gasteiger partial charge is 0.337 e. The molecule has 0 radical (unpaired) electrons. The van der Waals surface area contributed by atoms with E-state index in [-0.39, 0.29) is 11.9 Å². The number of aliphatic carboxylic acids is 1. The topological polar surface area (TPSA) is 55.8 Å². The number of aryl methyl sites for hydroxylation is 1. The van der Waals surface area contributed by atoms with Gasteiger partial charge in [-0.15, -0.1) is 0 Å². The van der Waals surface area contributed by atoms with E-state index in [4.69, 9.17) is 9.47 Å². The average Bonchev–Trinajstić information content (AvgIpc) is 3.63. The second kappa shape index (κ2) is 7.38. The molecule has 1 heterocycles. The Bertz CT molecular complexity index is 1020. The van der Waals surface area contributed by atoms with Crippen LogP contribution in [0.4, 0.5) is 4.39 Å². The molecule has 1 atom stereocenters. The van der Waals surface area contributed by atoms with Gasteiger partial charge in [0, 0.05) is 11.1 Å². The lowest BCUT2D eigenvalue weighted by molar-refractivity contribution is -0.151. The Balaban J connectivity index is 1.76. The van der Waals surface area contributed by atoms with Crippen LogP contribution in [-0.4, -0.2) is 23.8 Å². The molecule has 0 aromatic heterocycles. The van der Waals surface area contributed by atoms with E-state index in [2.05, 4.69) is 6.07 Å². The quantitative estimate of drug-likeness (QED) is 0.672. The predicted octanol–water partition coefficient (Wildman–Crippen LogP) is 5.62. The van der Waals surface area contributed by atoms with Crippen LogP contribution in [0.5, 0.6) is 5.75 Å². The second-order valence-electron chi connectivity index (χ2n) is 8.88. The minimum atomic E-state index is -1.04. The van der Waals surface area contributed by atoms with Crippen molar-refractivity contribution in [2.75, 3.05) is 6.61 Å². The van der Waals surface area contributed by atoms with E-state index < -0.39 is 12.1 Å². The van der Waals surface area contributed by atoms with Gasteiger partial charge in [-0.3, -0.25) is 0 Å². The summed E-state index contributed by atoms with van der Waals surface area (Å²) in [6.45, 7) is 4.46. The summed E-state index contributed by atoms with van der Waals surface area (Å²) in [6.07, 6.45) is 4.52. The lowest BCUT2D eigenvalue weighted by Crippen LogP contribution is -2.20. The SMILES string of the molecule is Cc1ccc(C2CC2)c(-c2cc(F)c3c(c2C)CCCO3)c1C(OC1CC1)C(=O)O. The van der Waals surface area contributed by atoms with E-state index >= 15 is 4.39 Å². The van der Waals surface area contributed by atoms with Crippen molar-refractivity contribution in [1.29, 1.82) is 0 Å². The van der Waals surface area contributed by atoms with Gasteiger partial charge in [0.15, 0.2) is 17.7 Å². The summed E-state index contributed by atoms with van der Waals surface area (Å²) in [7, 11) is 0. The summed E-state index contributed by atoms with van der Waals surface area (Å²) < 4.78 is 26.7. The molecule has 2 saturated carbocycles. The summed E-state index contributed by atoms with van der Waals surface area (Å²) in [5.41, 5.74) is 6.18. The molecule has 1 aliphatic heterocycles. The minimum Gasteiger partial charge on any atom is -0.490 e. The molecule has 2 fully saturated rings. The highest BCUT2D eigenvalue weighted by molar-refractivity contribution is 5.85. The highest BCUT2D eigenvalue weighted by Gasteiger charge is 2.37. The van der Waals surface area contributed by atoms with E-state index in [9.17, 15) is 9.90 Å². The first-order chi connectivity index (χ1) is 14.5. The zero-order valence-electron chi connectivity index (χ0n) is 17.5. The van der Waals surface area contributed by atoms with Gasteiger partial charge in [0.25, 0.3) is 0 Å². The van der Waals surface area contributed by atoms with Crippen LogP contribution < -0.4 is 4.74 Å². The van der Waals surface area contributed by atoms with E-state index in [1.807, 2.05) is 19.9 Å². The molecule has 0 amide bonds. The van der Waals surface area contributed by atoms with Gasteiger partial charge < -0.3 is 14.6 Å². The third kappa shape index (κ3) is 3.39. The van der Waals surface area contributed by atoms with Crippen LogP contribution in [-0.2, 0) is 16.0 Å². The summed E-state index contributed by atoms with van der Waals surface area (Å²) in [6, 6.07) is 5.63. The van der Waals surface area contributed by atoms with Crippen molar-refractivity contribution >= 4 is 5.97 Å². The molecule has 158 valence electrons. The van der Waals surface area contributed by atoms with Crippen molar-refractivity contribution in [2.24, 2.45) is 0 Å². The Morgan fingerprint density at radius 3 is 2.67 bits per heavy atom. The number of ether oxygens (including phenoxy) is 2. The molecule has 3 aliphatic rings. The van der Waals surface area contributed by atoms with E-state index in [1.165, 1.54) is 0 Å². The fraction of sp³-hybridized carbons (Fsp3) is 0.480. The highest BCUT2D eigenvalue weighted by Crippen LogP contribution is 2.50. The third-order valence-corrected chi connectivity index (χ3v) is 6.56. The van der Waals surface area contributed by atoms with E-state index in [0.29, 0.717) is 23.8 Å². The van der Waals surface area contributed by atoms with Gasteiger partial charge in [0.05, 0.1) is 12.7 Å². The molecule has 4 nitrogen and oxygen atoms in total. The largest absolute Gasteiger partial charge is 0.490 e.